The molecular formula is C17H25N3O2. The smallest absolute Gasteiger partial charge is 0.132 e. The van der Waals surface area contributed by atoms with Crippen LogP contribution in [0.4, 0.5) is 0 Å². The van der Waals surface area contributed by atoms with Crippen molar-refractivity contribution in [2.75, 3.05) is 0 Å². The molecule has 0 amide bonds. The highest BCUT2D eigenvalue weighted by Gasteiger charge is 2.12. The van der Waals surface area contributed by atoms with Crippen molar-refractivity contribution < 1.29 is 9.84 Å². The lowest BCUT2D eigenvalue weighted by atomic mass is 10.2. The van der Waals surface area contributed by atoms with Gasteiger partial charge in [0.15, 0.2) is 0 Å². The van der Waals surface area contributed by atoms with Crippen LogP contribution in [0.15, 0.2) is 24.3 Å². The molecule has 2 rings (SSSR count). The molecule has 120 valence electrons. The van der Waals surface area contributed by atoms with Gasteiger partial charge < -0.3 is 9.84 Å². The number of aliphatic hydroxyl groups excluding tert-OH is 1. The summed E-state index contributed by atoms with van der Waals surface area (Å²) in [7, 11) is 0. The van der Waals surface area contributed by atoms with Crippen LogP contribution < -0.4 is 4.74 Å². The summed E-state index contributed by atoms with van der Waals surface area (Å²) in [6.45, 7) is 5.37. The van der Waals surface area contributed by atoms with Crippen LogP contribution in [0.5, 0.6) is 5.75 Å². The topological polar surface area (TPSA) is 60.2 Å². The minimum absolute atomic E-state index is 0.110. The lowest BCUT2D eigenvalue weighted by Gasteiger charge is -2.10. The largest absolute Gasteiger partial charge is 0.487 e. The summed E-state index contributed by atoms with van der Waals surface area (Å²) in [5.41, 5.74) is 2.71. The van der Waals surface area contributed by atoms with E-state index in [1.54, 1.807) is 0 Å². The van der Waals surface area contributed by atoms with E-state index in [2.05, 4.69) is 30.2 Å². The Morgan fingerprint density at radius 1 is 1.23 bits per heavy atom. The van der Waals surface area contributed by atoms with Gasteiger partial charge in [0, 0.05) is 6.54 Å². The van der Waals surface area contributed by atoms with Crippen LogP contribution >= 0.6 is 0 Å². The van der Waals surface area contributed by atoms with E-state index in [0.717, 1.165) is 43.7 Å². The van der Waals surface area contributed by atoms with E-state index in [0.29, 0.717) is 12.3 Å². The lowest BCUT2D eigenvalue weighted by Crippen LogP contribution is -2.10. The van der Waals surface area contributed by atoms with Crippen LogP contribution in [0.1, 0.15) is 50.1 Å². The molecule has 0 saturated heterocycles. The average Bonchev–Trinajstić information content (AvgIpc) is 2.95. The Balaban J connectivity index is 2.05. The number of hydrogen-bond donors (Lipinski definition) is 1. The molecule has 1 aromatic heterocycles. The van der Waals surface area contributed by atoms with E-state index in [1.165, 1.54) is 5.56 Å². The summed E-state index contributed by atoms with van der Waals surface area (Å²) in [6.07, 6.45) is 4.36. The second kappa shape index (κ2) is 8.54. The standard InChI is InChI=1S/C17H25N3O2/c1-3-5-6-10-20-17(16(12-21)18-19-20)13-22-15-9-7-8-14(4-2)11-15/h7-9,11,21H,3-6,10,12-13H2,1-2H3. The fourth-order valence-corrected chi connectivity index (χ4v) is 2.35. The maximum Gasteiger partial charge on any atom is 0.132 e. The van der Waals surface area contributed by atoms with Crippen molar-refractivity contribution in [1.82, 2.24) is 15.0 Å². The van der Waals surface area contributed by atoms with Gasteiger partial charge in [0.2, 0.25) is 0 Å². The number of unbranched alkanes of at least 4 members (excludes halogenated alkanes) is 2. The highest BCUT2D eigenvalue weighted by atomic mass is 16.5. The minimum Gasteiger partial charge on any atom is -0.487 e. The first-order valence-electron chi connectivity index (χ1n) is 8.02. The van der Waals surface area contributed by atoms with Gasteiger partial charge in [-0.1, -0.05) is 44.0 Å². The summed E-state index contributed by atoms with van der Waals surface area (Å²) in [6, 6.07) is 8.08. The van der Waals surface area contributed by atoms with Gasteiger partial charge in [0.05, 0.1) is 6.61 Å². The van der Waals surface area contributed by atoms with Crippen LogP contribution in [-0.4, -0.2) is 20.1 Å². The molecule has 0 fully saturated rings. The SMILES string of the molecule is CCCCCn1nnc(CO)c1COc1cccc(CC)c1. The van der Waals surface area contributed by atoms with Crippen molar-refractivity contribution in [1.29, 1.82) is 0 Å². The molecular weight excluding hydrogens is 278 g/mol. The van der Waals surface area contributed by atoms with E-state index in [-0.39, 0.29) is 6.61 Å². The second-order valence-corrected chi connectivity index (χ2v) is 5.36. The van der Waals surface area contributed by atoms with Gasteiger partial charge in [-0.3, -0.25) is 0 Å². The molecule has 0 bridgehead atoms. The Morgan fingerprint density at radius 2 is 2.09 bits per heavy atom. The zero-order valence-corrected chi connectivity index (χ0v) is 13.5. The lowest BCUT2D eigenvalue weighted by molar-refractivity contribution is 0.261. The highest BCUT2D eigenvalue weighted by molar-refractivity contribution is 5.28. The third kappa shape index (κ3) is 4.31. The Hall–Kier alpha value is -1.88. The minimum atomic E-state index is -0.110. The van der Waals surface area contributed by atoms with E-state index in [4.69, 9.17) is 4.74 Å². The predicted molar refractivity (Wildman–Crippen MR) is 85.6 cm³/mol. The number of rotatable bonds is 9. The Bertz CT molecular complexity index is 581. The van der Waals surface area contributed by atoms with Gasteiger partial charge in [-0.05, 0) is 30.5 Å². The molecule has 0 aliphatic rings. The fourth-order valence-electron chi connectivity index (χ4n) is 2.35. The summed E-state index contributed by atoms with van der Waals surface area (Å²) >= 11 is 0. The number of nitrogens with zero attached hydrogens (tertiary/aromatic N) is 3. The normalized spacial score (nSPS) is 10.9. The zero-order chi connectivity index (χ0) is 15.8. The highest BCUT2D eigenvalue weighted by Crippen LogP contribution is 2.17. The first-order chi connectivity index (χ1) is 10.8. The molecule has 0 unspecified atom stereocenters. The van der Waals surface area contributed by atoms with E-state index in [9.17, 15) is 5.11 Å². The second-order valence-electron chi connectivity index (χ2n) is 5.36. The van der Waals surface area contributed by atoms with E-state index >= 15 is 0 Å². The number of hydrogen-bond acceptors (Lipinski definition) is 4. The van der Waals surface area contributed by atoms with Gasteiger partial charge >= 0.3 is 0 Å². The van der Waals surface area contributed by atoms with E-state index in [1.807, 2.05) is 22.9 Å². The molecule has 1 heterocycles. The molecule has 5 heteroatoms. The molecule has 2 aromatic rings. The predicted octanol–water partition coefficient (Wildman–Crippen LogP) is 3.10. The first kappa shape index (κ1) is 16.5. The molecule has 0 aliphatic heterocycles. The first-order valence-corrected chi connectivity index (χ1v) is 8.02. The van der Waals surface area contributed by atoms with Gasteiger partial charge in [0.1, 0.15) is 23.7 Å². The molecule has 5 nitrogen and oxygen atoms in total. The summed E-state index contributed by atoms with van der Waals surface area (Å²) in [5, 5.41) is 17.6. The number of aliphatic hydroxyl groups is 1. The van der Waals surface area contributed by atoms with Crippen molar-refractivity contribution in [2.45, 2.75) is 59.3 Å². The Kier molecular flexibility index (Phi) is 6.40. The molecule has 0 radical (unpaired) electrons. The number of ether oxygens (including phenoxy) is 1. The van der Waals surface area contributed by atoms with Crippen LogP contribution in [-0.2, 0) is 26.2 Å². The number of aryl methyl sites for hydroxylation is 2. The quantitative estimate of drug-likeness (QED) is 0.723. The molecule has 22 heavy (non-hydrogen) atoms. The van der Waals surface area contributed by atoms with Gasteiger partial charge in [-0.15, -0.1) is 5.10 Å². The molecule has 1 aromatic carbocycles. The third-order valence-corrected chi connectivity index (χ3v) is 3.72. The van der Waals surface area contributed by atoms with Crippen molar-refractivity contribution in [3.05, 3.63) is 41.2 Å². The fraction of sp³-hybridized carbons (Fsp3) is 0.529. The van der Waals surface area contributed by atoms with Crippen LogP contribution in [0.3, 0.4) is 0 Å². The molecule has 0 aliphatic carbocycles. The van der Waals surface area contributed by atoms with Crippen molar-refractivity contribution >= 4 is 0 Å². The number of benzene rings is 1. The zero-order valence-electron chi connectivity index (χ0n) is 13.5. The van der Waals surface area contributed by atoms with Crippen LogP contribution in [0.2, 0.25) is 0 Å². The number of aromatic nitrogens is 3. The molecule has 1 N–H and O–H groups in total. The molecule has 0 atom stereocenters. The summed E-state index contributed by atoms with van der Waals surface area (Å²) < 4.78 is 7.72. The average molecular weight is 303 g/mol. The van der Waals surface area contributed by atoms with Gasteiger partial charge in [0.25, 0.3) is 0 Å². The van der Waals surface area contributed by atoms with E-state index < -0.39 is 0 Å². The molecule has 0 spiro atoms. The van der Waals surface area contributed by atoms with Gasteiger partial charge in [-0.2, -0.15) is 0 Å². The van der Waals surface area contributed by atoms with Crippen molar-refractivity contribution in [2.24, 2.45) is 0 Å². The summed E-state index contributed by atoms with van der Waals surface area (Å²) in [4.78, 5) is 0. The maximum atomic E-state index is 9.41. The van der Waals surface area contributed by atoms with Gasteiger partial charge in [-0.25, -0.2) is 4.68 Å². The van der Waals surface area contributed by atoms with Crippen molar-refractivity contribution in [3.63, 3.8) is 0 Å². The van der Waals surface area contributed by atoms with Crippen molar-refractivity contribution in [3.8, 4) is 5.75 Å². The summed E-state index contributed by atoms with van der Waals surface area (Å²) in [5.74, 6) is 0.838. The third-order valence-electron chi connectivity index (χ3n) is 3.72. The molecule has 0 saturated carbocycles. The monoisotopic (exact) mass is 303 g/mol. The Labute approximate surface area is 131 Å². The van der Waals surface area contributed by atoms with Crippen LogP contribution in [0, 0.1) is 0 Å². The van der Waals surface area contributed by atoms with Crippen LogP contribution in [0.25, 0.3) is 0 Å². The maximum absolute atomic E-state index is 9.41. The Morgan fingerprint density at radius 3 is 2.82 bits per heavy atom.